The van der Waals surface area contributed by atoms with Crippen molar-refractivity contribution in [2.75, 3.05) is 11.9 Å². The van der Waals surface area contributed by atoms with Crippen LogP contribution in [0.4, 0.5) is 5.69 Å². The van der Waals surface area contributed by atoms with Gasteiger partial charge in [0.05, 0.1) is 18.7 Å². The SMILES string of the molecule is CC(NC(=O)c1ccc(NC(=O)C2CC(=O)N(Cc3ccco3)C2)cc1)C(=O)O. The number of rotatable bonds is 7. The van der Waals surface area contributed by atoms with Crippen LogP contribution in [0.1, 0.15) is 29.5 Å². The minimum atomic E-state index is -1.13. The number of carboxylic acids is 1. The molecule has 152 valence electrons. The highest BCUT2D eigenvalue weighted by atomic mass is 16.4. The normalized spacial score (nSPS) is 17.1. The number of amides is 3. The van der Waals surface area contributed by atoms with Gasteiger partial charge in [-0.2, -0.15) is 0 Å². The number of anilines is 1. The molecule has 2 unspecified atom stereocenters. The lowest BCUT2D eigenvalue weighted by Crippen LogP contribution is -2.38. The Labute approximate surface area is 166 Å². The van der Waals surface area contributed by atoms with Crippen molar-refractivity contribution < 1.29 is 28.7 Å². The summed E-state index contributed by atoms with van der Waals surface area (Å²) in [4.78, 5) is 49.0. The molecule has 2 atom stereocenters. The Morgan fingerprint density at radius 2 is 1.97 bits per heavy atom. The molecule has 3 N–H and O–H groups in total. The van der Waals surface area contributed by atoms with Crippen LogP contribution in [0.25, 0.3) is 0 Å². The van der Waals surface area contributed by atoms with Crippen LogP contribution < -0.4 is 10.6 Å². The number of furan rings is 1. The van der Waals surface area contributed by atoms with Gasteiger partial charge in [-0.3, -0.25) is 19.2 Å². The molecule has 1 fully saturated rings. The molecule has 3 amide bonds. The van der Waals surface area contributed by atoms with Crippen molar-refractivity contribution in [1.29, 1.82) is 0 Å². The van der Waals surface area contributed by atoms with E-state index in [1.165, 1.54) is 25.3 Å². The third-order valence-electron chi connectivity index (χ3n) is 4.64. The molecule has 0 aliphatic carbocycles. The van der Waals surface area contributed by atoms with Crippen LogP contribution in [-0.2, 0) is 20.9 Å². The van der Waals surface area contributed by atoms with Crippen LogP contribution in [0.3, 0.4) is 0 Å². The first-order chi connectivity index (χ1) is 13.8. The monoisotopic (exact) mass is 399 g/mol. The number of hydrogen-bond acceptors (Lipinski definition) is 5. The fourth-order valence-electron chi connectivity index (χ4n) is 2.98. The molecule has 1 aromatic carbocycles. The van der Waals surface area contributed by atoms with Gasteiger partial charge in [0, 0.05) is 24.2 Å². The number of carbonyl (C=O) groups excluding carboxylic acids is 3. The molecule has 1 aliphatic rings. The van der Waals surface area contributed by atoms with Gasteiger partial charge < -0.3 is 25.1 Å². The third-order valence-corrected chi connectivity index (χ3v) is 4.64. The Balaban J connectivity index is 1.55. The van der Waals surface area contributed by atoms with E-state index in [0.717, 1.165) is 0 Å². The average molecular weight is 399 g/mol. The second-order valence-corrected chi connectivity index (χ2v) is 6.85. The first kappa shape index (κ1) is 20.1. The Morgan fingerprint density at radius 3 is 2.59 bits per heavy atom. The quantitative estimate of drug-likeness (QED) is 0.647. The number of nitrogens with zero attached hydrogens (tertiary/aromatic N) is 1. The number of hydrogen-bond donors (Lipinski definition) is 3. The highest BCUT2D eigenvalue weighted by Crippen LogP contribution is 2.22. The maximum atomic E-state index is 12.5. The highest BCUT2D eigenvalue weighted by Gasteiger charge is 2.34. The van der Waals surface area contributed by atoms with Gasteiger partial charge in [-0.25, -0.2) is 0 Å². The molecule has 1 saturated heterocycles. The number of benzene rings is 1. The lowest BCUT2D eigenvalue weighted by molar-refractivity contribution is -0.138. The van der Waals surface area contributed by atoms with E-state index in [4.69, 9.17) is 9.52 Å². The fourth-order valence-corrected chi connectivity index (χ4v) is 2.98. The summed E-state index contributed by atoms with van der Waals surface area (Å²) in [6.45, 7) is 2.00. The molecular weight excluding hydrogens is 378 g/mol. The summed E-state index contributed by atoms with van der Waals surface area (Å²) in [6, 6.07) is 8.59. The van der Waals surface area contributed by atoms with Crippen molar-refractivity contribution in [2.45, 2.75) is 25.9 Å². The topological polar surface area (TPSA) is 129 Å². The van der Waals surface area contributed by atoms with E-state index in [0.29, 0.717) is 24.5 Å². The molecule has 0 saturated carbocycles. The molecule has 9 heteroatoms. The van der Waals surface area contributed by atoms with Crippen molar-refractivity contribution in [1.82, 2.24) is 10.2 Å². The first-order valence-electron chi connectivity index (χ1n) is 9.08. The zero-order valence-corrected chi connectivity index (χ0v) is 15.8. The molecule has 0 bridgehead atoms. The highest BCUT2D eigenvalue weighted by molar-refractivity contribution is 5.99. The van der Waals surface area contributed by atoms with Gasteiger partial charge in [-0.1, -0.05) is 0 Å². The average Bonchev–Trinajstić information content (AvgIpc) is 3.32. The van der Waals surface area contributed by atoms with Crippen LogP contribution in [0.2, 0.25) is 0 Å². The Kier molecular flexibility index (Phi) is 5.96. The van der Waals surface area contributed by atoms with Gasteiger partial charge in [0.2, 0.25) is 11.8 Å². The van der Waals surface area contributed by atoms with E-state index in [1.54, 1.807) is 29.2 Å². The predicted molar refractivity (Wildman–Crippen MR) is 102 cm³/mol. The number of nitrogens with one attached hydrogen (secondary N) is 2. The Morgan fingerprint density at radius 1 is 1.24 bits per heavy atom. The molecule has 1 aromatic heterocycles. The van der Waals surface area contributed by atoms with E-state index in [2.05, 4.69) is 10.6 Å². The number of likely N-dealkylation sites (tertiary alicyclic amines) is 1. The van der Waals surface area contributed by atoms with E-state index in [1.807, 2.05) is 0 Å². The lowest BCUT2D eigenvalue weighted by Gasteiger charge is -2.15. The summed E-state index contributed by atoms with van der Waals surface area (Å²) in [5.74, 6) is -1.86. The van der Waals surface area contributed by atoms with Crippen molar-refractivity contribution >= 4 is 29.4 Å². The van der Waals surface area contributed by atoms with Crippen LogP contribution in [0.15, 0.2) is 47.1 Å². The zero-order valence-electron chi connectivity index (χ0n) is 15.8. The second kappa shape index (κ2) is 8.59. The predicted octanol–water partition coefficient (Wildman–Crippen LogP) is 1.47. The van der Waals surface area contributed by atoms with Crippen molar-refractivity contribution in [2.24, 2.45) is 5.92 Å². The van der Waals surface area contributed by atoms with Crippen LogP contribution in [0.5, 0.6) is 0 Å². The summed E-state index contributed by atoms with van der Waals surface area (Å²) < 4.78 is 5.24. The van der Waals surface area contributed by atoms with Crippen molar-refractivity contribution in [3.05, 3.63) is 54.0 Å². The molecule has 2 heterocycles. The molecular formula is C20H21N3O6. The van der Waals surface area contributed by atoms with Crippen LogP contribution in [0, 0.1) is 5.92 Å². The van der Waals surface area contributed by atoms with Crippen molar-refractivity contribution in [3.8, 4) is 0 Å². The molecule has 9 nitrogen and oxygen atoms in total. The largest absolute Gasteiger partial charge is 0.480 e. The minimum absolute atomic E-state index is 0.110. The maximum Gasteiger partial charge on any atom is 0.325 e. The smallest absolute Gasteiger partial charge is 0.325 e. The van der Waals surface area contributed by atoms with Crippen molar-refractivity contribution in [3.63, 3.8) is 0 Å². The van der Waals surface area contributed by atoms with Gasteiger partial charge in [0.1, 0.15) is 11.8 Å². The molecule has 3 rings (SSSR count). The number of aliphatic carboxylic acids is 1. The second-order valence-electron chi connectivity index (χ2n) is 6.85. The molecule has 29 heavy (non-hydrogen) atoms. The van der Waals surface area contributed by atoms with Crippen LogP contribution in [-0.4, -0.2) is 46.3 Å². The number of carbonyl (C=O) groups is 4. The molecule has 2 aromatic rings. The summed E-state index contributed by atoms with van der Waals surface area (Å²) in [5, 5.41) is 13.9. The standard InChI is InChI=1S/C20H21N3O6/c1-12(20(27)28)21-18(25)13-4-6-15(7-5-13)22-19(26)14-9-17(24)23(10-14)11-16-3-2-8-29-16/h2-8,12,14H,9-11H2,1H3,(H,21,25)(H,22,26)(H,27,28). The third kappa shape index (κ3) is 5.01. The van der Waals surface area contributed by atoms with Gasteiger partial charge in [-0.15, -0.1) is 0 Å². The minimum Gasteiger partial charge on any atom is -0.480 e. The summed E-state index contributed by atoms with van der Waals surface area (Å²) in [7, 11) is 0. The van der Waals surface area contributed by atoms with Gasteiger partial charge in [0.15, 0.2) is 0 Å². The van der Waals surface area contributed by atoms with Gasteiger partial charge >= 0.3 is 5.97 Å². The van der Waals surface area contributed by atoms with Gasteiger partial charge in [0.25, 0.3) is 5.91 Å². The molecule has 0 spiro atoms. The fraction of sp³-hybridized carbons (Fsp3) is 0.300. The molecule has 0 radical (unpaired) electrons. The summed E-state index contributed by atoms with van der Waals surface area (Å²) in [6.07, 6.45) is 1.66. The molecule has 1 aliphatic heterocycles. The van der Waals surface area contributed by atoms with Crippen LogP contribution >= 0.6 is 0 Å². The van der Waals surface area contributed by atoms with E-state index >= 15 is 0 Å². The van der Waals surface area contributed by atoms with Gasteiger partial charge in [-0.05, 0) is 43.3 Å². The van der Waals surface area contributed by atoms with E-state index in [-0.39, 0.29) is 23.8 Å². The maximum absolute atomic E-state index is 12.5. The Bertz CT molecular complexity index is 907. The zero-order chi connectivity index (χ0) is 21.0. The summed E-state index contributed by atoms with van der Waals surface area (Å²) >= 11 is 0. The lowest BCUT2D eigenvalue weighted by atomic mass is 10.1. The summed E-state index contributed by atoms with van der Waals surface area (Å²) in [5.41, 5.74) is 0.756. The Hall–Kier alpha value is -3.62. The first-order valence-corrected chi connectivity index (χ1v) is 9.08. The van der Waals surface area contributed by atoms with E-state index < -0.39 is 23.8 Å². The number of carboxylic acid groups (broad SMARTS) is 1. The van der Waals surface area contributed by atoms with E-state index in [9.17, 15) is 19.2 Å².